The first-order valence-corrected chi connectivity index (χ1v) is 7.23. The summed E-state index contributed by atoms with van der Waals surface area (Å²) in [6.07, 6.45) is 1.01. The lowest BCUT2D eigenvalue weighted by molar-refractivity contribution is 0.0529. The number of nitrogens with one attached hydrogen (secondary N) is 1. The van der Waals surface area contributed by atoms with Gasteiger partial charge in [0, 0.05) is 5.56 Å². The van der Waals surface area contributed by atoms with Crippen LogP contribution in [0.5, 0.6) is 5.75 Å². The molecule has 0 aliphatic heterocycles. The molecule has 1 N–H and O–H groups in total. The van der Waals surface area contributed by atoms with E-state index in [9.17, 15) is 4.79 Å². The zero-order valence-electron chi connectivity index (χ0n) is 14.5. The van der Waals surface area contributed by atoms with Crippen molar-refractivity contribution >= 4 is 12.3 Å². The van der Waals surface area contributed by atoms with Crippen molar-refractivity contribution in [2.45, 2.75) is 52.6 Å². The molecule has 122 valence electrons. The number of hydrogen-bond donors (Lipinski definition) is 1. The Morgan fingerprint density at radius 2 is 1.82 bits per heavy atom. The van der Waals surface area contributed by atoms with E-state index in [1.165, 1.54) is 0 Å². The standard InChI is InChI=1S/C17H26N2O3/c1-16(2,3)13-10-12(8-9-14(13)21-7)11-18-19-15(20)22-17(4,5)6/h8-11H,1-7H3,(H,19,20)/b18-11-. The summed E-state index contributed by atoms with van der Waals surface area (Å²) < 4.78 is 10.5. The number of methoxy groups -OCH3 is 1. The van der Waals surface area contributed by atoms with Gasteiger partial charge in [-0.1, -0.05) is 20.8 Å². The van der Waals surface area contributed by atoms with Gasteiger partial charge in [-0.3, -0.25) is 0 Å². The zero-order valence-corrected chi connectivity index (χ0v) is 14.5. The Kier molecular flexibility index (Phi) is 5.58. The maximum absolute atomic E-state index is 11.5. The van der Waals surface area contributed by atoms with Crippen molar-refractivity contribution in [3.63, 3.8) is 0 Å². The minimum absolute atomic E-state index is 0.0478. The Hall–Kier alpha value is -2.04. The van der Waals surface area contributed by atoms with E-state index in [1.54, 1.807) is 34.1 Å². The van der Waals surface area contributed by atoms with E-state index >= 15 is 0 Å². The molecule has 5 heteroatoms. The lowest BCUT2D eigenvalue weighted by Crippen LogP contribution is -2.29. The largest absolute Gasteiger partial charge is 0.496 e. The van der Waals surface area contributed by atoms with Gasteiger partial charge in [-0.15, -0.1) is 0 Å². The quantitative estimate of drug-likeness (QED) is 0.681. The van der Waals surface area contributed by atoms with Crippen LogP contribution in [0.15, 0.2) is 23.3 Å². The van der Waals surface area contributed by atoms with Crippen LogP contribution in [0.2, 0.25) is 0 Å². The van der Waals surface area contributed by atoms with Gasteiger partial charge in [-0.25, -0.2) is 10.2 Å². The predicted octanol–water partition coefficient (Wildman–Crippen LogP) is 3.85. The van der Waals surface area contributed by atoms with Crippen molar-refractivity contribution < 1.29 is 14.3 Å². The summed E-state index contributed by atoms with van der Waals surface area (Å²) >= 11 is 0. The summed E-state index contributed by atoms with van der Waals surface area (Å²) in [7, 11) is 1.66. The summed E-state index contributed by atoms with van der Waals surface area (Å²) in [6, 6.07) is 5.78. The second-order valence-electron chi connectivity index (χ2n) is 7.08. The molecule has 0 heterocycles. The van der Waals surface area contributed by atoms with Crippen LogP contribution >= 0.6 is 0 Å². The van der Waals surface area contributed by atoms with E-state index in [4.69, 9.17) is 9.47 Å². The van der Waals surface area contributed by atoms with Crippen molar-refractivity contribution in [2.24, 2.45) is 5.10 Å². The average Bonchev–Trinajstić information content (AvgIpc) is 2.35. The predicted molar refractivity (Wildman–Crippen MR) is 88.7 cm³/mol. The third-order valence-electron chi connectivity index (χ3n) is 2.80. The van der Waals surface area contributed by atoms with Gasteiger partial charge in [0.25, 0.3) is 0 Å². The SMILES string of the molecule is COc1ccc(/C=N\NC(=O)OC(C)(C)C)cc1C(C)(C)C. The number of hydrazone groups is 1. The molecule has 1 aromatic rings. The highest BCUT2D eigenvalue weighted by Gasteiger charge is 2.19. The summed E-state index contributed by atoms with van der Waals surface area (Å²) in [5.74, 6) is 0.838. The van der Waals surface area contributed by atoms with E-state index in [0.29, 0.717) is 0 Å². The summed E-state index contributed by atoms with van der Waals surface area (Å²) in [4.78, 5) is 11.5. The fourth-order valence-corrected chi connectivity index (χ4v) is 1.85. The van der Waals surface area contributed by atoms with Gasteiger partial charge in [0.2, 0.25) is 0 Å². The van der Waals surface area contributed by atoms with Gasteiger partial charge in [-0.2, -0.15) is 5.10 Å². The van der Waals surface area contributed by atoms with E-state index in [2.05, 4.69) is 31.3 Å². The average molecular weight is 306 g/mol. The first-order valence-electron chi connectivity index (χ1n) is 7.23. The summed E-state index contributed by atoms with van der Waals surface area (Å²) in [6.45, 7) is 11.8. The van der Waals surface area contributed by atoms with Crippen LogP contribution in [-0.4, -0.2) is 25.0 Å². The van der Waals surface area contributed by atoms with Crippen LogP contribution in [0.3, 0.4) is 0 Å². The van der Waals surface area contributed by atoms with Crippen LogP contribution in [0, 0.1) is 0 Å². The monoisotopic (exact) mass is 306 g/mol. The Bertz CT molecular complexity index is 552. The minimum atomic E-state index is -0.576. The first kappa shape index (κ1) is 18.0. The summed E-state index contributed by atoms with van der Waals surface area (Å²) in [5.41, 5.74) is 3.72. The van der Waals surface area contributed by atoms with Gasteiger partial charge in [0.15, 0.2) is 0 Å². The van der Waals surface area contributed by atoms with Crippen molar-refractivity contribution in [1.29, 1.82) is 0 Å². The van der Waals surface area contributed by atoms with Gasteiger partial charge in [0.1, 0.15) is 11.4 Å². The summed E-state index contributed by atoms with van der Waals surface area (Å²) in [5, 5.41) is 3.91. The molecule has 0 aliphatic rings. The molecular weight excluding hydrogens is 280 g/mol. The Morgan fingerprint density at radius 3 is 2.32 bits per heavy atom. The van der Waals surface area contributed by atoms with Crippen LogP contribution in [0.4, 0.5) is 4.79 Å². The zero-order chi connectivity index (χ0) is 17.0. The number of ether oxygens (including phenoxy) is 2. The maximum Gasteiger partial charge on any atom is 0.428 e. The number of hydrogen-bond acceptors (Lipinski definition) is 4. The van der Waals surface area contributed by atoms with Crippen LogP contribution in [0.25, 0.3) is 0 Å². The fourth-order valence-electron chi connectivity index (χ4n) is 1.85. The molecule has 0 aliphatic carbocycles. The lowest BCUT2D eigenvalue weighted by atomic mass is 9.85. The maximum atomic E-state index is 11.5. The fraction of sp³-hybridized carbons (Fsp3) is 0.529. The Balaban J connectivity index is 2.82. The highest BCUT2D eigenvalue weighted by Crippen LogP contribution is 2.31. The van der Waals surface area contributed by atoms with E-state index in [1.807, 2.05) is 18.2 Å². The molecule has 1 amide bonds. The molecule has 22 heavy (non-hydrogen) atoms. The van der Waals surface area contributed by atoms with Crippen molar-refractivity contribution in [2.75, 3.05) is 7.11 Å². The topological polar surface area (TPSA) is 59.9 Å². The van der Waals surface area contributed by atoms with Gasteiger partial charge in [-0.05, 0) is 49.9 Å². The number of carbonyl (C=O) groups excluding carboxylic acids is 1. The second kappa shape index (κ2) is 6.81. The van der Waals surface area contributed by atoms with E-state index in [0.717, 1.165) is 16.9 Å². The number of carbonyl (C=O) groups is 1. The molecule has 0 saturated carbocycles. The highest BCUT2D eigenvalue weighted by atomic mass is 16.6. The molecule has 1 rings (SSSR count). The molecule has 0 unspecified atom stereocenters. The van der Waals surface area contributed by atoms with E-state index < -0.39 is 11.7 Å². The highest BCUT2D eigenvalue weighted by molar-refractivity contribution is 5.81. The number of rotatable bonds is 3. The Morgan fingerprint density at radius 1 is 1.18 bits per heavy atom. The number of nitrogens with zero attached hydrogens (tertiary/aromatic N) is 1. The molecule has 0 bridgehead atoms. The van der Waals surface area contributed by atoms with Crippen LogP contribution in [0.1, 0.15) is 52.7 Å². The molecule has 0 saturated heterocycles. The van der Waals surface area contributed by atoms with Crippen molar-refractivity contribution in [1.82, 2.24) is 5.43 Å². The third-order valence-corrected chi connectivity index (χ3v) is 2.80. The molecule has 0 spiro atoms. The smallest absolute Gasteiger partial charge is 0.428 e. The molecule has 0 fully saturated rings. The Labute approximate surface area is 132 Å². The molecule has 0 atom stereocenters. The number of amides is 1. The molecule has 0 aromatic heterocycles. The van der Waals surface area contributed by atoms with Gasteiger partial charge in [0.05, 0.1) is 13.3 Å². The van der Waals surface area contributed by atoms with Gasteiger partial charge >= 0.3 is 6.09 Å². The number of benzene rings is 1. The molecular formula is C17H26N2O3. The van der Waals surface area contributed by atoms with E-state index in [-0.39, 0.29) is 5.41 Å². The molecule has 1 aromatic carbocycles. The first-order chi connectivity index (χ1) is 10.0. The molecule has 0 radical (unpaired) electrons. The van der Waals surface area contributed by atoms with Gasteiger partial charge < -0.3 is 9.47 Å². The third kappa shape index (κ3) is 5.76. The van der Waals surface area contributed by atoms with Crippen LogP contribution in [-0.2, 0) is 10.2 Å². The normalized spacial score (nSPS) is 12.3. The second-order valence-corrected chi connectivity index (χ2v) is 7.08. The lowest BCUT2D eigenvalue weighted by Gasteiger charge is -2.22. The van der Waals surface area contributed by atoms with Crippen molar-refractivity contribution in [3.05, 3.63) is 29.3 Å². The molecule has 5 nitrogen and oxygen atoms in total. The van der Waals surface area contributed by atoms with Crippen LogP contribution < -0.4 is 10.2 Å². The van der Waals surface area contributed by atoms with Crippen molar-refractivity contribution in [3.8, 4) is 5.75 Å². The minimum Gasteiger partial charge on any atom is -0.496 e.